The van der Waals surface area contributed by atoms with Crippen molar-refractivity contribution in [1.29, 1.82) is 0 Å². The van der Waals surface area contributed by atoms with E-state index in [2.05, 4.69) is 41.4 Å². The summed E-state index contributed by atoms with van der Waals surface area (Å²) in [5.41, 5.74) is 0. The monoisotopic (exact) mass is 323 g/mol. The molecule has 3 rings (SSSR count). The first-order valence-electron chi connectivity index (χ1n) is 7.04. The lowest BCUT2D eigenvalue weighted by atomic mass is 10.4. The number of rotatable bonds is 6. The predicted molar refractivity (Wildman–Crippen MR) is 84.1 cm³/mol. The Hall–Kier alpha value is -1.48. The van der Waals surface area contributed by atoms with Crippen LogP contribution in [0.3, 0.4) is 0 Å². The van der Waals surface area contributed by atoms with E-state index in [0.29, 0.717) is 11.1 Å². The molecule has 0 atom stereocenters. The Balaban J connectivity index is 1.84. The Morgan fingerprint density at radius 1 is 1.29 bits per heavy atom. The number of hydrogen-bond acceptors (Lipinski definition) is 9. The van der Waals surface area contributed by atoms with Crippen LogP contribution < -0.4 is 10.2 Å². The molecule has 0 bridgehead atoms. The van der Waals surface area contributed by atoms with Crippen LogP contribution in [0.4, 0.5) is 11.9 Å². The van der Waals surface area contributed by atoms with Crippen molar-refractivity contribution in [3.8, 4) is 0 Å². The van der Waals surface area contributed by atoms with Gasteiger partial charge in [-0.25, -0.2) is 4.98 Å². The van der Waals surface area contributed by atoms with Crippen LogP contribution in [-0.2, 0) is 0 Å². The standard InChI is InChI=1S/C12H17N7S2/c1-2-5-13-9-16-10(19-6-3-4-7-19)18-11(17-9)20-12-14-8-15-21-12/h8H,2-7H2,1H3,(H,13,16,17,18). The maximum absolute atomic E-state index is 4.56. The average Bonchev–Trinajstić information content (AvgIpc) is 3.18. The molecule has 1 aliphatic heterocycles. The van der Waals surface area contributed by atoms with E-state index in [0.717, 1.165) is 36.3 Å². The van der Waals surface area contributed by atoms with Crippen molar-refractivity contribution in [2.24, 2.45) is 0 Å². The molecule has 9 heteroatoms. The largest absolute Gasteiger partial charge is 0.354 e. The normalized spacial score (nSPS) is 14.6. The lowest BCUT2D eigenvalue weighted by Crippen LogP contribution is -2.22. The van der Waals surface area contributed by atoms with Crippen molar-refractivity contribution >= 4 is 35.2 Å². The molecule has 7 nitrogen and oxygen atoms in total. The molecule has 0 radical (unpaired) electrons. The number of hydrogen-bond donors (Lipinski definition) is 1. The third kappa shape index (κ3) is 3.79. The van der Waals surface area contributed by atoms with E-state index in [1.165, 1.54) is 36.1 Å². The molecule has 1 aliphatic rings. The molecule has 0 unspecified atom stereocenters. The van der Waals surface area contributed by atoms with Crippen molar-refractivity contribution < 1.29 is 0 Å². The van der Waals surface area contributed by atoms with E-state index in [9.17, 15) is 0 Å². The van der Waals surface area contributed by atoms with Crippen LogP contribution in [0.2, 0.25) is 0 Å². The van der Waals surface area contributed by atoms with Crippen molar-refractivity contribution in [3.63, 3.8) is 0 Å². The van der Waals surface area contributed by atoms with Gasteiger partial charge >= 0.3 is 0 Å². The Morgan fingerprint density at radius 2 is 2.14 bits per heavy atom. The lowest BCUT2D eigenvalue weighted by molar-refractivity contribution is 0.820. The second-order valence-electron chi connectivity index (χ2n) is 4.67. The summed E-state index contributed by atoms with van der Waals surface area (Å²) in [5, 5.41) is 3.91. The highest BCUT2D eigenvalue weighted by atomic mass is 32.2. The molecule has 2 aromatic rings. The zero-order valence-corrected chi connectivity index (χ0v) is 13.5. The summed E-state index contributed by atoms with van der Waals surface area (Å²) >= 11 is 2.78. The van der Waals surface area contributed by atoms with Gasteiger partial charge < -0.3 is 10.2 Å². The van der Waals surface area contributed by atoms with Crippen LogP contribution in [-0.4, -0.2) is 43.9 Å². The third-order valence-corrected chi connectivity index (χ3v) is 4.62. The van der Waals surface area contributed by atoms with Gasteiger partial charge in [0.05, 0.1) is 0 Å². The molecule has 0 amide bonds. The van der Waals surface area contributed by atoms with E-state index in [4.69, 9.17) is 0 Å². The summed E-state index contributed by atoms with van der Waals surface area (Å²) in [6.45, 7) is 5.00. The highest BCUT2D eigenvalue weighted by Gasteiger charge is 2.18. The second-order valence-corrected chi connectivity index (χ2v) is 6.67. The minimum absolute atomic E-state index is 0.640. The molecule has 0 aliphatic carbocycles. The smallest absolute Gasteiger partial charge is 0.231 e. The molecule has 1 N–H and O–H groups in total. The van der Waals surface area contributed by atoms with Crippen molar-refractivity contribution in [3.05, 3.63) is 6.33 Å². The quantitative estimate of drug-likeness (QED) is 0.867. The Bertz CT molecular complexity index is 569. The number of nitrogens with one attached hydrogen (secondary N) is 1. The molecular formula is C12H17N7S2. The summed E-state index contributed by atoms with van der Waals surface area (Å²) in [5.74, 6) is 1.40. The first-order chi connectivity index (χ1) is 10.3. The summed E-state index contributed by atoms with van der Waals surface area (Å²) in [7, 11) is 0. The zero-order chi connectivity index (χ0) is 14.5. The van der Waals surface area contributed by atoms with Crippen LogP contribution in [0.5, 0.6) is 0 Å². The van der Waals surface area contributed by atoms with Gasteiger partial charge in [-0.15, -0.1) is 0 Å². The van der Waals surface area contributed by atoms with E-state index in [1.54, 1.807) is 6.33 Å². The zero-order valence-electron chi connectivity index (χ0n) is 11.8. The van der Waals surface area contributed by atoms with Crippen LogP contribution in [0, 0.1) is 0 Å². The topological polar surface area (TPSA) is 79.7 Å². The minimum atomic E-state index is 0.640. The highest BCUT2D eigenvalue weighted by molar-refractivity contribution is 8.00. The Morgan fingerprint density at radius 3 is 2.86 bits per heavy atom. The summed E-state index contributed by atoms with van der Waals surface area (Å²) < 4.78 is 4.85. The fraction of sp³-hybridized carbons (Fsp3) is 0.583. The summed E-state index contributed by atoms with van der Waals surface area (Å²) in [6, 6.07) is 0. The van der Waals surface area contributed by atoms with Crippen LogP contribution >= 0.6 is 23.3 Å². The van der Waals surface area contributed by atoms with Crippen molar-refractivity contribution in [1.82, 2.24) is 24.3 Å². The molecule has 2 aromatic heterocycles. The molecule has 0 aromatic carbocycles. The molecule has 1 fully saturated rings. The third-order valence-electron chi connectivity index (χ3n) is 3.04. The fourth-order valence-corrected chi connectivity index (χ4v) is 3.35. The molecule has 112 valence electrons. The molecule has 21 heavy (non-hydrogen) atoms. The predicted octanol–water partition coefficient (Wildman–Crippen LogP) is 2.30. The molecule has 0 spiro atoms. The van der Waals surface area contributed by atoms with Crippen LogP contribution in [0.15, 0.2) is 15.8 Å². The van der Waals surface area contributed by atoms with Gasteiger partial charge in [-0.3, -0.25) is 0 Å². The van der Waals surface area contributed by atoms with Gasteiger partial charge in [0, 0.05) is 19.6 Å². The summed E-state index contributed by atoms with van der Waals surface area (Å²) in [4.78, 5) is 19.9. The van der Waals surface area contributed by atoms with Gasteiger partial charge in [0.25, 0.3) is 0 Å². The van der Waals surface area contributed by atoms with Crippen molar-refractivity contribution in [2.75, 3.05) is 29.9 Å². The Labute approximate surface area is 131 Å². The molecule has 1 saturated heterocycles. The van der Waals surface area contributed by atoms with Crippen LogP contribution in [0.25, 0.3) is 0 Å². The first kappa shape index (κ1) is 14.5. The van der Waals surface area contributed by atoms with Gasteiger partial charge in [0.2, 0.25) is 17.1 Å². The summed E-state index contributed by atoms with van der Waals surface area (Å²) in [6.07, 6.45) is 4.97. The SMILES string of the molecule is CCCNc1nc(Sc2ncns2)nc(N2CCCC2)n1. The molecular weight excluding hydrogens is 306 g/mol. The molecule has 0 saturated carbocycles. The van der Waals surface area contributed by atoms with E-state index >= 15 is 0 Å². The van der Waals surface area contributed by atoms with Crippen molar-refractivity contribution in [2.45, 2.75) is 35.7 Å². The Kier molecular flexibility index (Phi) is 4.81. The van der Waals surface area contributed by atoms with Crippen LogP contribution in [0.1, 0.15) is 26.2 Å². The highest BCUT2D eigenvalue weighted by Crippen LogP contribution is 2.27. The average molecular weight is 323 g/mol. The van der Waals surface area contributed by atoms with E-state index in [-0.39, 0.29) is 0 Å². The molecule has 3 heterocycles. The number of nitrogens with zero attached hydrogens (tertiary/aromatic N) is 6. The number of aromatic nitrogens is 5. The maximum Gasteiger partial charge on any atom is 0.231 e. The van der Waals surface area contributed by atoms with Gasteiger partial charge in [0.15, 0.2) is 4.34 Å². The maximum atomic E-state index is 4.56. The van der Waals surface area contributed by atoms with E-state index < -0.39 is 0 Å². The fourth-order valence-electron chi connectivity index (χ4n) is 2.05. The second kappa shape index (κ2) is 6.99. The minimum Gasteiger partial charge on any atom is -0.354 e. The van der Waals surface area contributed by atoms with Gasteiger partial charge in [0.1, 0.15) is 6.33 Å². The van der Waals surface area contributed by atoms with E-state index in [1.807, 2.05) is 0 Å². The van der Waals surface area contributed by atoms with Gasteiger partial charge in [-0.2, -0.15) is 19.3 Å². The lowest BCUT2D eigenvalue weighted by Gasteiger charge is -2.16. The van der Waals surface area contributed by atoms with Gasteiger partial charge in [-0.05, 0) is 42.6 Å². The first-order valence-corrected chi connectivity index (χ1v) is 8.63. The number of anilines is 2. The van der Waals surface area contributed by atoms with Gasteiger partial charge in [-0.1, -0.05) is 6.92 Å².